The molecule has 2 aliphatic rings. The van der Waals surface area contributed by atoms with Gasteiger partial charge in [0.15, 0.2) is 11.5 Å². The normalized spacial score (nSPS) is 19.2. The van der Waals surface area contributed by atoms with Crippen LogP contribution in [-0.2, 0) is 0 Å². The lowest BCUT2D eigenvalue weighted by Crippen LogP contribution is -2.16. The van der Waals surface area contributed by atoms with Crippen LogP contribution < -0.4 is 14.8 Å². The smallest absolute Gasteiger partial charge is 0.163 e. The highest BCUT2D eigenvalue weighted by molar-refractivity contribution is 7.99. The van der Waals surface area contributed by atoms with E-state index in [2.05, 4.69) is 29.6 Å². The maximum Gasteiger partial charge on any atom is 0.163 e. The minimum Gasteiger partial charge on any atom is -0.486 e. The maximum atomic E-state index is 6.36. The molecule has 0 amide bonds. The third-order valence-corrected chi connectivity index (χ3v) is 5.16. The van der Waals surface area contributed by atoms with Gasteiger partial charge in [0.05, 0.1) is 16.8 Å². The predicted octanol–water partition coefficient (Wildman–Crippen LogP) is 4.37. The lowest BCUT2D eigenvalue weighted by Gasteiger charge is -2.22. The second kappa shape index (κ2) is 5.35. The topological polar surface area (TPSA) is 30.5 Å². The number of benzene rings is 2. The molecule has 4 rings (SSSR count). The van der Waals surface area contributed by atoms with Crippen LogP contribution in [0.5, 0.6) is 11.5 Å². The molecule has 1 N–H and O–H groups in total. The minimum atomic E-state index is 0.270. The maximum absolute atomic E-state index is 6.36. The molecule has 2 aromatic carbocycles. The van der Waals surface area contributed by atoms with E-state index in [1.54, 1.807) is 0 Å². The second-order valence-corrected chi connectivity index (χ2v) is 6.49. The highest BCUT2D eigenvalue weighted by atomic mass is 35.5. The first-order valence-corrected chi connectivity index (χ1v) is 8.25. The molecule has 21 heavy (non-hydrogen) atoms. The first-order chi connectivity index (χ1) is 10.3. The van der Waals surface area contributed by atoms with Gasteiger partial charge in [-0.25, -0.2) is 0 Å². The van der Waals surface area contributed by atoms with Crippen molar-refractivity contribution >= 4 is 29.1 Å². The molecule has 0 fully saturated rings. The molecule has 5 heteroatoms. The van der Waals surface area contributed by atoms with E-state index < -0.39 is 0 Å². The number of anilines is 1. The van der Waals surface area contributed by atoms with Crippen LogP contribution in [0, 0.1) is 0 Å². The van der Waals surface area contributed by atoms with Crippen LogP contribution in [0.15, 0.2) is 41.3 Å². The lowest BCUT2D eigenvalue weighted by atomic mass is 10.1. The van der Waals surface area contributed by atoms with Gasteiger partial charge < -0.3 is 14.8 Å². The molecule has 0 saturated heterocycles. The van der Waals surface area contributed by atoms with E-state index in [0.717, 1.165) is 22.9 Å². The summed E-state index contributed by atoms with van der Waals surface area (Å²) in [5.74, 6) is 2.48. The molecular weight excluding hydrogens is 306 g/mol. The Balaban J connectivity index is 1.63. The fraction of sp³-hybridized carbons (Fsp3) is 0.250. The van der Waals surface area contributed by atoms with Crippen LogP contribution in [0.2, 0.25) is 5.02 Å². The number of fused-ring (bicyclic) bond motifs is 2. The van der Waals surface area contributed by atoms with Crippen molar-refractivity contribution in [2.24, 2.45) is 0 Å². The fourth-order valence-corrected chi connectivity index (χ4v) is 4.01. The van der Waals surface area contributed by atoms with Gasteiger partial charge in [0, 0.05) is 22.8 Å². The Labute approximate surface area is 132 Å². The molecule has 2 heterocycles. The van der Waals surface area contributed by atoms with Gasteiger partial charge in [-0.2, -0.15) is 0 Å². The lowest BCUT2D eigenvalue weighted by molar-refractivity contribution is 0.171. The number of hydrogen-bond donors (Lipinski definition) is 1. The summed E-state index contributed by atoms with van der Waals surface area (Å²) in [5.41, 5.74) is 2.22. The Morgan fingerprint density at radius 3 is 2.71 bits per heavy atom. The number of hydrogen-bond acceptors (Lipinski definition) is 4. The summed E-state index contributed by atoms with van der Waals surface area (Å²) in [5, 5.41) is 4.19. The summed E-state index contributed by atoms with van der Waals surface area (Å²) < 4.78 is 11.2. The number of halogens is 1. The van der Waals surface area contributed by atoms with Gasteiger partial charge in [0.1, 0.15) is 13.2 Å². The molecular formula is C16H14ClNO2S. The first kappa shape index (κ1) is 13.2. The van der Waals surface area contributed by atoms with Gasteiger partial charge in [0.2, 0.25) is 0 Å². The molecule has 0 radical (unpaired) electrons. The molecule has 1 unspecified atom stereocenters. The summed E-state index contributed by atoms with van der Waals surface area (Å²) in [6, 6.07) is 12.5. The van der Waals surface area contributed by atoms with Crippen molar-refractivity contribution in [3.63, 3.8) is 0 Å². The molecule has 2 aromatic rings. The summed E-state index contributed by atoms with van der Waals surface area (Å²) in [4.78, 5) is 1.34. The number of ether oxygens (including phenoxy) is 2. The van der Waals surface area contributed by atoms with Crippen molar-refractivity contribution in [2.75, 3.05) is 24.3 Å². The molecule has 0 bridgehead atoms. The van der Waals surface area contributed by atoms with Gasteiger partial charge >= 0.3 is 0 Å². The molecule has 1 atom stereocenters. The Hall–Kier alpha value is -1.52. The van der Waals surface area contributed by atoms with Gasteiger partial charge in [-0.3, -0.25) is 0 Å². The predicted molar refractivity (Wildman–Crippen MR) is 86.0 cm³/mol. The average Bonchev–Trinajstić information content (AvgIpc) is 2.91. The monoisotopic (exact) mass is 319 g/mol. The summed E-state index contributed by atoms with van der Waals surface area (Å²) in [6.45, 7) is 1.15. The Morgan fingerprint density at radius 1 is 1.10 bits per heavy atom. The zero-order valence-electron chi connectivity index (χ0n) is 11.3. The van der Waals surface area contributed by atoms with Crippen LogP contribution in [0.4, 0.5) is 5.69 Å². The quantitative estimate of drug-likeness (QED) is 0.890. The van der Waals surface area contributed by atoms with Gasteiger partial charge in [-0.1, -0.05) is 29.8 Å². The van der Waals surface area contributed by atoms with Crippen LogP contribution in [0.25, 0.3) is 0 Å². The summed E-state index contributed by atoms with van der Waals surface area (Å²) in [7, 11) is 0. The van der Waals surface area contributed by atoms with Crippen LogP contribution in [0.1, 0.15) is 11.6 Å². The standard InChI is InChI=1S/C16H14ClNO2S/c17-11-7-14-15(20-6-5-19-14)8-12(11)18-13-9-21-16-4-2-1-3-10(13)16/h1-4,7-8,13,18H,5-6,9H2. The van der Waals surface area contributed by atoms with Gasteiger partial charge in [-0.05, 0) is 11.6 Å². The van der Waals surface area contributed by atoms with E-state index in [4.69, 9.17) is 21.1 Å². The highest BCUT2D eigenvalue weighted by Crippen LogP contribution is 2.43. The van der Waals surface area contributed by atoms with Gasteiger partial charge in [-0.15, -0.1) is 11.8 Å². The number of rotatable bonds is 2. The molecule has 0 spiro atoms. The van der Waals surface area contributed by atoms with Crippen molar-refractivity contribution in [2.45, 2.75) is 10.9 Å². The van der Waals surface area contributed by atoms with E-state index >= 15 is 0 Å². The number of nitrogens with one attached hydrogen (secondary N) is 1. The SMILES string of the molecule is Clc1cc2c(cc1NC1CSc3ccccc31)OCCO2. The Bertz CT molecular complexity index is 692. The Morgan fingerprint density at radius 2 is 1.86 bits per heavy atom. The summed E-state index contributed by atoms with van der Waals surface area (Å²) >= 11 is 8.23. The van der Waals surface area contributed by atoms with Crippen molar-refractivity contribution in [1.82, 2.24) is 0 Å². The van der Waals surface area contributed by atoms with Crippen molar-refractivity contribution in [3.05, 3.63) is 47.0 Å². The van der Waals surface area contributed by atoms with Crippen molar-refractivity contribution in [3.8, 4) is 11.5 Å². The van der Waals surface area contributed by atoms with E-state index in [1.165, 1.54) is 10.5 Å². The molecule has 2 aliphatic heterocycles. The molecule has 0 aromatic heterocycles. The zero-order valence-corrected chi connectivity index (χ0v) is 12.8. The third-order valence-electron chi connectivity index (χ3n) is 3.66. The fourth-order valence-electron chi connectivity index (χ4n) is 2.64. The summed E-state index contributed by atoms with van der Waals surface area (Å²) in [6.07, 6.45) is 0. The zero-order chi connectivity index (χ0) is 14.2. The highest BCUT2D eigenvalue weighted by Gasteiger charge is 2.24. The number of thioether (sulfide) groups is 1. The largest absolute Gasteiger partial charge is 0.486 e. The van der Waals surface area contributed by atoms with Gasteiger partial charge in [0.25, 0.3) is 0 Å². The Kier molecular flexibility index (Phi) is 3.36. The first-order valence-electron chi connectivity index (χ1n) is 6.89. The van der Waals surface area contributed by atoms with E-state index in [-0.39, 0.29) is 6.04 Å². The third kappa shape index (κ3) is 2.43. The van der Waals surface area contributed by atoms with Crippen LogP contribution >= 0.6 is 23.4 Å². The van der Waals surface area contributed by atoms with Crippen molar-refractivity contribution in [1.29, 1.82) is 0 Å². The van der Waals surface area contributed by atoms with Crippen molar-refractivity contribution < 1.29 is 9.47 Å². The molecule has 3 nitrogen and oxygen atoms in total. The van der Waals surface area contributed by atoms with Crippen LogP contribution in [-0.4, -0.2) is 19.0 Å². The van der Waals surface area contributed by atoms with E-state index in [9.17, 15) is 0 Å². The molecule has 0 aliphatic carbocycles. The van der Waals surface area contributed by atoms with E-state index in [1.807, 2.05) is 23.9 Å². The van der Waals surface area contributed by atoms with Crippen LogP contribution in [0.3, 0.4) is 0 Å². The average molecular weight is 320 g/mol. The second-order valence-electron chi connectivity index (χ2n) is 5.02. The van der Waals surface area contributed by atoms with E-state index in [0.29, 0.717) is 18.2 Å². The molecule has 0 saturated carbocycles. The molecule has 108 valence electrons. The minimum absolute atomic E-state index is 0.270.